The third-order valence-electron chi connectivity index (χ3n) is 6.16. The fourth-order valence-corrected chi connectivity index (χ4v) is 4.19. The van der Waals surface area contributed by atoms with Crippen molar-refractivity contribution in [3.63, 3.8) is 0 Å². The number of hydrogen-bond acceptors (Lipinski definition) is 4. The Hall–Kier alpha value is -3.35. The molecule has 2 N–H and O–H groups in total. The van der Waals surface area contributed by atoms with Crippen molar-refractivity contribution in [1.82, 2.24) is 15.1 Å². The second-order valence-electron chi connectivity index (χ2n) is 8.32. The molecule has 1 saturated heterocycles. The Bertz CT molecular complexity index is 978. The second kappa shape index (κ2) is 8.79. The lowest BCUT2D eigenvalue weighted by Crippen LogP contribution is -2.58. The highest BCUT2D eigenvalue weighted by molar-refractivity contribution is 6.02. The van der Waals surface area contributed by atoms with Crippen molar-refractivity contribution in [2.45, 2.75) is 31.3 Å². The Kier molecular flexibility index (Phi) is 5.93. The van der Waals surface area contributed by atoms with Crippen molar-refractivity contribution < 1.29 is 14.4 Å². The van der Waals surface area contributed by atoms with Crippen LogP contribution in [-0.4, -0.2) is 59.9 Å². The van der Waals surface area contributed by atoms with E-state index in [4.69, 9.17) is 0 Å². The average Bonchev–Trinajstić information content (AvgIpc) is 2.92. The molecule has 1 atom stereocenters. The number of hydrogen-bond donors (Lipinski definition) is 2. The van der Waals surface area contributed by atoms with Crippen molar-refractivity contribution in [2.24, 2.45) is 0 Å². The smallest absolute Gasteiger partial charge is 0.255 e. The normalized spacial score (nSPS) is 20.5. The number of amides is 3. The van der Waals surface area contributed by atoms with E-state index in [1.54, 1.807) is 22.9 Å². The lowest BCUT2D eigenvalue weighted by molar-refractivity contribution is -0.139. The molecular weight excluding hydrogens is 392 g/mol. The summed E-state index contributed by atoms with van der Waals surface area (Å²) >= 11 is 0. The Morgan fingerprint density at radius 2 is 1.77 bits per heavy atom. The van der Waals surface area contributed by atoms with Gasteiger partial charge < -0.3 is 20.4 Å². The van der Waals surface area contributed by atoms with E-state index in [2.05, 4.69) is 10.6 Å². The van der Waals surface area contributed by atoms with Crippen LogP contribution in [0.5, 0.6) is 0 Å². The summed E-state index contributed by atoms with van der Waals surface area (Å²) in [4.78, 5) is 41.3. The number of likely N-dealkylation sites (tertiary alicyclic amines) is 1. The molecule has 2 aromatic rings. The number of rotatable bonds is 5. The third-order valence-corrected chi connectivity index (χ3v) is 6.16. The Morgan fingerprint density at radius 3 is 2.58 bits per heavy atom. The van der Waals surface area contributed by atoms with Crippen molar-refractivity contribution in [1.29, 1.82) is 0 Å². The largest absolute Gasteiger partial charge is 0.362 e. The summed E-state index contributed by atoms with van der Waals surface area (Å²) in [6.07, 6.45) is 2.08. The van der Waals surface area contributed by atoms with Crippen molar-refractivity contribution in [3.05, 3.63) is 65.7 Å². The number of likely N-dealkylation sites (N-methyl/N-ethyl adjacent to an activating group) is 1. The molecule has 7 nitrogen and oxygen atoms in total. The van der Waals surface area contributed by atoms with Crippen LogP contribution in [0.25, 0.3) is 0 Å². The Balaban J connectivity index is 1.36. The lowest BCUT2D eigenvalue weighted by Gasteiger charge is -2.39. The fourth-order valence-electron chi connectivity index (χ4n) is 4.19. The number of benzene rings is 2. The van der Waals surface area contributed by atoms with Gasteiger partial charge in [0.2, 0.25) is 11.8 Å². The number of nitrogens with zero attached hydrogens (tertiary/aromatic N) is 2. The number of fused-ring (bicyclic) bond motifs is 1. The second-order valence-corrected chi connectivity index (χ2v) is 8.32. The lowest BCUT2D eigenvalue weighted by atomic mass is 9.95. The maximum Gasteiger partial charge on any atom is 0.255 e. The number of para-hydroxylation sites is 1. The van der Waals surface area contributed by atoms with Gasteiger partial charge in [0.25, 0.3) is 5.91 Å². The van der Waals surface area contributed by atoms with Gasteiger partial charge in [-0.2, -0.15) is 0 Å². The quantitative estimate of drug-likeness (QED) is 0.777. The minimum Gasteiger partial charge on any atom is -0.362 e. The topological polar surface area (TPSA) is 81.8 Å². The Morgan fingerprint density at radius 1 is 1.03 bits per heavy atom. The molecule has 1 unspecified atom stereocenters. The number of anilines is 1. The zero-order chi connectivity index (χ0) is 21.8. The van der Waals surface area contributed by atoms with Gasteiger partial charge in [0.15, 0.2) is 0 Å². The molecule has 2 aliphatic rings. The molecule has 0 aromatic heterocycles. The summed E-state index contributed by atoms with van der Waals surface area (Å²) in [6.45, 7) is 1.07. The van der Waals surface area contributed by atoms with Gasteiger partial charge in [0, 0.05) is 38.7 Å². The summed E-state index contributed by atoms with van der Waals surface area (Å²) in [7, 11) is 1.77. The van der Waals surface area contributed by atoms with Crippen LogP contribution >= 0.6 is 0 Å². The fraction of sp³-hybridized carbons (Fsp3) is 0.375. The van der Waals surface area contributed by atoms with Gasteiger partial charge in [-0.25, -0.2) is 0 Å². The van der Waals surface area contributed by atoms with Crippen molar-refractivity contribution in [2.75, 3.05) is 32.0 Å². The highest BCUT2D eigenvalue weighted by Crippen LogP contribution is 2.31. The first kappa shape index (κ1) is 20.9. The van der Waals surface area contributed by atoms with Crippen molar-refractivity contribution in [3.8, 4) is 0 Å². The highest BCUT2D eigenvalue weighted by atomic mass is 16.2. The summed E-state index contributed by atoms with van der Waals surface area (Å²) in [5.74, 6) is -0.269. The highest BCUT2D eigenvalue weighted by Gasteiger charge is 2.40. The summed E-state index contributed by atoms with van der Waals surface area (Å²) in [5, 5.41) is 6.49. The van der Waals surface area contributed by atoms with Gasteiger partial charge in [-0.15, -0.1) is 0 Å². The molecule has 162 valence electrons. The zero-order valence-electron chi connectivity index (χ0n) is 17.8. The molecule has 0 radical (unpaired) electrons. The molecule has 0 bridgehead atoms. The van der Waals surface area contributed by atoms with E-state index >= 15 is 0 Å². The molecule has 2 aliphatic heterocycles. The predicted molar refractivity (Wildman–Crippen MR) is 118 cm³/mol. The van der Waals surface area contributed by atoms with E-state index in [1.165, 1.54) is 5.56 Å². The minimum atomic E-state index is -0.669. The number of carbonyl (C=O) groups is 3. The number of carbonyl (C=O) groups excluding carboxylic acids is 3. The first-order valence-corrected chi connectivity index (χ1v) is 10.7. The van der Waals surface area contributed by atoms with E-state index in [9.17, 15) is 14.4 Å². The van der Waals surface area contributed by atoms with Gasteiger partial charge in [-0.05, 0) is 30.5 Å². The first-order valence-electron chi connectivity index (χ1n) is 10.7. The molecular formula is C24H28N4O3. The van der Waals surface area contributed by atoms with Crippen LogP contribution in [0.2, 0.25) is 0 Å². The molecule has 2 heterocycles. The Labute approximate surface area is 182 Å². The van der Waals surface area contributed by atoms with E-state index in [0.717, 1.165) is 12.1 Å². The van der Waals surface area contributed by atoms with E-state index < -0.39 is 5.66 Å². The molecule has 1 fully saturated rings. The van der Waals surface area contributed by atoms with Crippen molar-refractivity contribution >= 4 is 23.4 Å². The van der Waals surface area contributed by atoms with E-state index in [0.29, 0.717) is 31.5 Å². The monoisotopic (exact) mass is 420 g/mol. The molecule has 31 heavy (non-hydrogen) atoms. The van der Waals surface area contributed by atoms with Crippen LogP contribution in [0, 0.1) is 0 Å². The standard InChI is InChI=1S/C24H28N4O3/c1-27(15-12-18-7-3-2-4-8-18)22(30)17-28-16-14-24(13-11-21(28)29)25-20-10-6-5-9-19(20)23(31)26-24/h2-10,25H,11-17H2,1H3,(H,26,31). The van der Waals surface area contributed by atoms with Gasteiger partial charge >= 0.3 is 0 Å². The van der Waals surface area contributed by atoms with Crippen LogP contribution in [0.1, 0.15) is 35.2 Å². The van der Waals surface area contributed by atoms with Crippen LogP contribution in [0.15, 0.2) is 54.6 Å². The molecule has 7 heteroatoms. The molecule has 0 aliphatic carbocycles. The maximum absolute atomic E-state index is 12.7. The zero-order valence-corrected chi connectivity index (χ0v) is 17.8. The summed E-state index contributed by atoms with van der Waals surface area (Å²) in [6, 6.07) is 17.4. The third kappa shape index (κ3) is 4.71. The molecule has 3 amide bonds. The average molecular weight is 421 g/mol. The van der Waals surface area contributed by atoms with Gasteiger partial charge in [-0.1, -0.05) is 42.5 Å². The van der Waals surface area contributed by atoms with Crippen LogP contribution in [0.4, 0.5) is 5.69 Å². The van der Waals surface area contributed by atoms with Crippen LogP contribution in [-0.2, 0) is 16.0 Å². The minimum absolute atomic E-state index is 0.0587. The maximum atomic E-state index is 12.7. The summed E-state index contributed by atoms with van der Waals surface area (Å²) in [5.41, 5.74) is 1.90. The first-order chi connectivity index (χ1) is 15.0. The molecule has 4 rings (SSSR count). The van der Waals surface area contributed by atoms with Crippen LogP contribution < -0.4 is 10.6 Å². The predicted octanol–water partition coefficient (Wildman–Crippen LogP) is 2.25. The van der Waals surface area contributed by atoms with Gasteiger partial charge in [0.1, 0.15) is 5.66 Å². The van der Waals surface area contributed by atoms with E-state index in [-0.39, 0.29) is 30.7 Å². The number of nitrogens with one attached hydrogen (secondary N) is 2. The molecule has 2 aromatic carbocycles. The molecule has 1 spiro atoms. The van der Waals surface area contributed by atoms with Gasteiger partial charge in [-0.3, -0.25) is 14.4 Å². The van der Waals surface area contributed by atoms with Gasteiger partial charge in [0.05, 0.1) is 12.1 Å². The van der Waals surface area contributed by atoms with Crippen LogP contribution in [0.3, 0.4) is 0 Å². The molecule has 0 saturated carbocycles. The SMILES string of the molecule is CN(CCc1ccccc1)C(=O)CN1CCC2(CCC1=O)NC(=O)c1ccccc1N2. The summed E-state index contributed by atoms with van der Waals surface area (Å²) < 4.78 is 0. The van der Waals surface area contributed by atoms with E-state index in [1.807, 2.05) is 48.5 Å².